The van der Waals surface area contributed by atoms with Crippen molar-refractivity contribution in [1.82, 2.24) is 5.16 Å². The molecule has 0 saturated heterocycles. The van der Waals surface area contributed by atoms with E-state index < -0.39 is 5.97 Å². The van der Waals surface area contributed by atoms with E-state index in [0.29, 0.717) is 16.6 Å². The van der Waals surface area contributed by atoms with E-state index in [1.165, 1.54) is 12.7 Å². The number of hydrogen-bond donors (Lipinski definition) is 1. The van der Waals surface area contributed by atoms with E-state index in [1.807, 2.05) is 25.1 Å². The van der Waals surface area contributed by atoms with E-state index in [1.54, 1.807) is 24.3 Å². The maximum absolute atomic E-state index is 12.3. The highest BCUT2D eigenvalue weighted by atomic mass is 35.5. The number of anilines is 1. The van der Waals surface area contributed by atoms with Gasteiger partial charge in [0.05, 0.1) is 7.11 Å². The number of hydrogen-bond acceptors (Lipinski definition) is 5. The highest BCUT2D eigenvalue weighted by Gasteiger charge is 2.25. The Balaban J connectivity index is 1.78. The average molecular weight is 385 g/mol. The smallest absolute Gasteiger partial charge is 0.345 e. The summed E-state index contributed by atoms with van der Waals surface area (Å²) in [6, 6.07) is 17.4. The first-order valence-electron chi connectivity index (χ1n) is 8.73. The van der Waals surface area contributed by atoms with Gasteiger partial charge in [0.1, 0.15) is 5.69 Å². The van der Waals surface area contributed by atoms with Crippen LogP contribution >= 0.6 is 11.6 Å². The highest BCUT2D eigenvalue weighted by molar-refractivity contribution is 6.30. The number of carbonyl (C=O) groups is 1. The third-order valence-corrected chi connectivity index (χ3v) is 4.54. The molecule has 2 aromatic carbocycles. The number of methoxy groups -OCH3 is 1. The van der Waals surface area contributed by atoms with E-state index in [0.717, 1.165) is 18.4 Å². The third-order valence-electron chi connectivity index (χ3n) is 4.29. The van der Waals surface area contributed by atoms with Crippen molar-refractivity contribution in [2.45, 2.75) is 25.8 Å². The highest BCUT2D eigenvalue weighted by Crippen LogP contribution is 2.31. The van der Waals surface area contributed by atoms with Crippen molar-refractivity contribution in [2.24, 2.45) is 0 Å². The van der Waals surface area contributed by atoms with Crippen LogP contribution in [0.2, 0.25) is 5.02 Å². The van der Waals surface area contributed by atoms with Gasteiger partial charge in [-0.15, -0.1) is 0 Å². The van der Waals surface area contributed by atoms with Gasteiger partial charge in [0.2, 0.25) is 5.88 Å². The van der Waals surface area contributed by atoms with E-state index in [2.05, 4.69) is 22.6 Å². The zero-order valence-electron chi connectivity index (χ0n) is 15.2. The molecule has 1 atom stereocenters. The van der Waals surface area contributed by atoms with Crippen molar-refractivity contribution in [3.63, 3.8) is 0 Å². The van der Waals surface area contributed by atoms with Gasteiger partial charge in [-0.05, 0) is 37.5 Å². The molecule has 0 saturated carbocycles. The zero-order valence-corrected chi connectivity index (χ0v) is 16.0. The lowest BCUT2D eigenvalue weighted by atomic mass is 10.1. The van der Waals surface area contributed by atoms with Crippen molar-refractivity contribution >= 4 is 23.5 Å². The Morgan fingerprint density at radius 3 is 2.56 bits per heavy atom. The maximum atomic E-state index is 12.3. The Kier molecular flexibility index (Phi) is 6.14. The van der Waals surface area contributed by atoms with Gasteiger partial charge in [-0.2, -0.15) is 0 Å². The Morgan fingerprint density at radius 2 is 1.89 bits per heavy atom. The fourth-order valence-electron chi connectivity index (χ4n) is 2.81. The summed E-state index contributed by atoms with van der Waals surface area (Å²) in [5.41, 5.74) is 2.70. The van der Waals surface area contributed by atoms with Crippen molar-refractivity contribution in [1.29, 1.82) is 0 Å². The predicted molar refractivity (Wildman–Crippen MR) is 106 cm³/mol. The second-order valence-corrected chi connectivity index (χ2v) is 6.74. The molecule has 0 fully saturated rings. The molecule has 1 heterocycles. The molecule has 0 bridgehead atoms. The average Bonchev–Trinajstić information content (AvgIpc) is 3.10. The van der Waals surface area contributed by atoms with Gasteiger partial charge in [-0.1, -0.05) is 59.2 Å². The predicted octanol–water partition coefficient (Wildman–Crippen LogP) is 5.21. The lowest BCUT2D eigenvalue weighted by molar-refractivity contribution is 0.0602. The monoisotopic (exact) mass is 384 g/mol. The van der Waals surface area contributed by atoms with Gasteiger partial charge in [-0.3, -0.25) is 0 Å². The summed E-state index contributed by atoms with van der Waals surface area (Å²) in [7, 11) is 1.34. The minimum atomic E-state index is -0.501. The van der Waals surface area contributed by atoms with Gasteiger partial charge in [-0.25, -0.2) is 4.79 Å². The molecule has 27 heavy (non-hydrogen) atoms. The second-order valence-electron chi connectivity index (χ2n) is 6.30. The van der Waals surface area contributed by atoms with Gasteiger partial charge >= 0.3 is 5.97 Å². The number of halogens is 1. The molecule has 5 nitrogen and oxygen atoms in total. The molecule has 6 heteroatoms. The first kappa shape index (κ1) is 19.0. The van der Waals surface area contributed by atoms with Crippen LogP contribution in [0.4, 0.5) is 5.88 Å². The summed E-state index contributed by atoms with van der Waals surface area (Å²) in [4.78, 5) is 12.3. The maximum Gasteiger partial charge on any atom is 0.345 e. The molecule has 0 unspecified atom stereocenters. The van der Waals surface area contributed by atoms with E-state index in [4.69, 9.17) is 20.9 Å². The molecule has 0 spiro atoms. The second kappa shape index (κ2) is 8.73. The van der Waals surface area contributed by atoms with Gasteiger partial charge in [0, 0.05) is 16.6 Å². The van der Waals surface area contributed by atoms with E-state index >= 15 is 0 Å². The molecule has 0 aliphatic carbocycles. The van der Waals surface area contributed by atoms with Crippen LogP contribution < -0.4 is 5.32 Å². The summed E-state index contributed by atoms with van der Waals surface area (Å²) in [5.74, 6) is -0.189. The van der Waals surface area contributed by atoms with Crippen molar-refractivity contribution < 1.29 is 14.1 Å². The lowest BCUT2D eigenvalue weighted by Gasteiger charge is -2.13. The Hall–Kier alpha value is -2.79. The Bertz CT molecular complexity index is 892. The number of aromatic nitrogens is 1. The molecule has 1 N–H and O–H groups in total. The number of nitrogens with one attached hydrogen (secondary N) is 1. The normalized spacial score (nSPS) is 11.8. The van der Waals surface area contributed by atoms with Gasteiger partial charge < -0.3 is 14.6 Å². The largest absolute Gasteiger partial charge is 0.465 e. The number of carbonyl (C=O) groups excluding carboxylic acids is 1. The summed E-state index contributed by atoms with van der Waals surface area (Å²) < 4.78 is 10.4. The molecule has 1 aromatic heterocycles. The van der Waals surface area contributed by atoms with Crippen molar-refractivity contribution in [2.75, 3.05) is 12.4 Å². The molecular formula is C21H21ClN2O3. The van der Waals surface area contributed by atoms with Gasteiger partial charge in [0.25, 0.3) is 0 Å². The standard InChI is InChI=1S/C21H21ClN2O3/c1-14(8-9-15-6-4-3-5-7-15)23-20-18(21(25)26-2)19(24-27-20)16-10-12-17(22)13-11-16/h3-7,10-14,23H,8-9H2,1-2H3/t14-/m1/s1. The number of rotatable bonds is 7. The van der Waals surface area contributed by atoms with Gasteiger partial charge in [0.15, 0.2) is 5.56 Å². The molecule has 3 rings (SSSR count). The number of ether oxygens (including phenoxy) is 1. The quantitative estimate of drug-likeness (QED) is 0.566. The molecule has 0 aliphatic heterocycles. The molecular weight excluding hydrogens is 364 g/mol. The fourth-order valence-corrected chi connectivity index (χ4v) is 2.93. The van der Waals surface area contributed by atoms with Crippen LogP contribution in [0.1, 0.15) is 29.3 Å². The SMILES string of the molecule is COC(=O)c1c(-c2ccc(Cl)cc2)noc1N[C@H](C)CCc1ccccc1. The first-order chi connectivity index (χ1) is 13.1. The summed E-state index contributed by atoms with van der Waals surface area (Å²) in [5, 5.41) is 7.92. The van der Waals surface area contributed by atoms with Crippen LogP contribution in [-0.2, 0) is 11.2 Å². The van der Waals surface area contributed by atoms with Crippen LogP contribution in [-0.4, -0.2) is 24.3 Å². The molecule has 140 valence electrons. The van der Waals surface area contributed by atoms with E-state index in [9.17, 15) is 4.79 Å². The first-order valence-corrected chi connectivity index (χ1v) is 9.10. The number of esters is 1. The third kappa shape index (κ3) is 4.68. The number of aryl methyl sites for hydroxylation is 1. The van der Waals surface area contributed by atoms with Crippen molar-refractivity contribution in [3.8, 4) is 11.3 Å². The fraction of sp³-hybridized carbons (Fsp3) is 0.238. The number of benzene rings is 2. The topological polar surface area (TPSA) is 64.4 Å². The van der Waals surface area contributed by atoms with Crippen LogP contribution in [0.3, 0.4) is 0 Å². The Labute approximate surface area is 163 Å². The lowest BCUT2D eigenvalue weighted by Crippen LogP contribution is -2.18. The van der Waals surface area contributed by atoms with E-state index in [-0.39, 0.29) is 11.6 Å². The van der Waals surface area contributed by atoms with Crippen LogP contribution in [0.5, 0.6) is 0 Å². The molecule has 0 amide bonds. The van der Waals surface area contributed by atoms with Crippen molar-refractivity contribution in [3.05, 3.63) is 70.7 Å². The van der Waals surface area contributed by atoms with Crippen LogP contribution in [0.25, 0.3) is 11.3 Å². The number of nitrogens with zero attached hydrogens (tertiary/aromatic N) is 1. The molecule has 0 aliphatic rings. The molecule has 3 aromatic rings. The Morgan fingerprint density at radius 1 is 1.19 bits per heavy atom. The summed E-state index contributed by atoms with van der Waals surface area (Å²) in [6.07, 6.45) is 1.79. The zero-order chi connectivity index (χ0) is 19.2. The minimum absolute atomic E-state index is 0.0830. The summed E-state index contributed by atoms with van der Waals surface area (Å²) in [6.45, 7) is 2.04. The van der Waals surface area contributed by atoms with Crippen LogP contribution in [0.15, 0.2) is 59.1 Å². The van der Waals surface area contributed by atoms with Crippen LogP contribution in [0, 0.1) is 0 Å². The minimum Gasteiger partial charge on any atom is -0.465 e. The molecule has 0 radical (unpaired) electrons. The summed E-state index contributed by atoms with van der Waals surface area (Å²) >= 11 is 5.94.